The Balaban J connectivity index is 2.42. The Bertz CT molecular complexity index is 496. The predicted molar refractivity (Wildman–Crippen MR) is 62.8 cm³/mol. The van der Waals surface area contributed by atoms with Crippen LogP contribution in [0.5, 0.6) is 0 Å². The molecule has 2 rings (SSSR count). The minimum absolute atomic E-state index is 0.264. The first-order chi connectivity index (χ1) is 7.55. The first kappa shape index (κ1) is 10.9. The second-order valence-electron chi connectivity index (χ2n) is 3.80. The van der Waals surface area contributed by atoms with Gasteiger partial charge in [0.25, 0.3) is 0 Å². The van der Waals surface area contributed by atoms with Crippen molar-refractivity contribution in [1.82, 2.24) is 4.98 Å². The van der Waals surface area contributed by atoms with E-state index >= 15 is 0 Å². The summed E-state index contributed by atoms with van der Waals surface area (Å²) in [6, 6.07) is 3.82. The molecule has 0 fully saturated rings. The number of hydrogen-bond donors (Lipinski definition) is 2. The second kappa shape index (κ2) is 3.76. The fourth-order valence-corrected chi connectivity index (χ4v) is 1.69. The van der Waals surface area contributed by atoms with Gasteiger partial charge in [-0.1, -0.05) is 0 Å². The minimum atomic E-state index is -1.08. The van der Waals surface area contributed by atoms with Crippen LogP contribution in [-0.2, 0) is 4.79 Å². The van der Waals surface area contributed by atoms with E-state index in [0.717, 1.165) is 4.47 Å². The average Bonchev–Trinajstić information content (AvgIpc) is 2.39. The van der Waals surface area contributed by atoms with E-state index in [0.29, 0.717) is 11.5 Å². The van der Waals surface area contributed by atoms with Crippen molar-refractivity contribution in [3.8, 4) is 6.07 Å². The molecule has 1 atom stereocenters. The van der Waals surface area contributed by atoms with Crippen molar-refractivity contribution in [3.63, 3.8) is 0 Å². The van der Waals surface area contributed by atoms with Crippen LogP contribution < -0.4 is 10.6 Å². The van der Waals surface area contributed by atoms with Crippen molar-refractivity contribution >= 4 is 33.3 Å². The number of pyridine rings is 1. The van der Waals surface area contributed by atoms with Gasteiger partial charge in [0, 0.05) is 17.2 Å². The number of halogens is 1. The number of fused-ring (bicyclic) bond motifs is 1. The Kier molecular flexibility index (Phi) is 2.56. The molecule has 1 aromatic heterocycles. The van der Waals surface area contributed by atoms with Crippen LogP contribution in [0.1, 0.15) is 6.92 Å². The molecule has 0 radical (unpaired) electrons. The first-order valence-corrected chi connectivity index (χ1v) is 5.46. The zero-order valence-electron chi connectivity index (χ0n) is 8.54. The quantitative estimate of drug-likeness (QED) is 0.759. The Morgan fingerprint density at radius 1 is 1.69 bits per heavy atom. The fraction of sp³-hybridized carbons (Fsp3) is 0.300. The van der Waals surface area contributed by atoms with Crippen molar-refractivity contribution in [2.45, 2.75) is 6.92 Å². The van der Waals surface area contributed by atoms with E-state index in [1.165, 1.54) is 0 Å². The van der Waals surface area contributed by atoms with Gasteiger partial charge < -0.3 is 10.6 Å². The van der Waals surface area contributed by atoms with Gasteiger partial charge in [0.1, 0.15) is 0 Å². The van der Waals surface area contributed by atoms with Crippen LogP contribution in [0, 0.1) is 16.7 Å². The number of amides is 1. The molecule has 2 N–H and O–H groups in total. The normalized spacial score (nSPS) is 23.4. The lowest BCUT2D eigenvalue weighted by Gasteiger charge is -2.16. The van der Waals surface area contributed by atoms with Gasteiger partial charge in [-0.3, -0.25) is 4.79 Å². The van der Waals surface area contributed by atoms with Crippen molar-refractivity contribution in [2.75, 3.05) is 17.2 Å². The third kappa shape index (κ3) is 1.74. The maximum atomic E-state index is 11.8. The summed E-state index contributed by atoms with van der Waals surface area (Å²) in [4.78, 5) is 15.9. The highest BCUT2D eigenvalue weighted by Gasteiger charge is 2.36. The number of nitrogens with one attached hydrogen (secondary N) is 2. The lowest BCUT2D eigenvalue weighted by Crippen LogP contribution is -2.35. The van der Waals surface area contributed by atoms with Crippen LogP contribution in [0.15, 0.2) is 16.7 Å². The molecule has 5 nitrogen and oxygen atoms in total. The summed E-state index contributed by atoms with van der Waals surface area (Å²) in [6.07, 6.45) is 1.59. The number of hydrogen-bond acceptors (Lipinski definition) is 4. The largest absolute Gasteiger partial charge is 0.380 e. The summed E-state index contributed by atoms with van der Waals surface area (Å²) in [5, 5.41) is 14.7. The van der Waals surface area contributed by atoms with Crippen molar-refractivity contribution in [2.24, 2.45) is 5.41 Å². The highest BCUT2D eigenvalue weighted by atomic mass is 79.9. The molecule has 1 aliphatic rings. The topological polar surface area (TPSA) is 77.8 Å². The number of aromatic nitrogens is 1. The molecule has 0 aliphatic carbocycles. The van der Waals surface area contributed by atoms with E-state index in [-0.39, 0.29) is 12.5 Å². The van der Waals surface area contributed by atoms with Crippen LogP contribution in [0.25, 0.3) is 0 Å². The number of nitrogens with zero attached hydrogens (tertiary/aromatic N) is 2. The van der Waals surface area contributed by atoms with Crippen LogP contribution in [-0.4, -0.2) is 17.4 Å². The Morgan fingerprint density at radius 2 is 2.44 bits per heavy atom. The highest BCUT2D eigenvalue weighted by Crippen LogP contribution is 2.29. The molecular formula is C10H9BrN4O. The first-order valence-electron chi connectivity index (χ1n) is 4.67. The molecule has 1 amide bonds. The van der Waals surface area contributed by atoms with Crippen LogP contribution in [0.4, 0.5) is 11.5 Å². The number of nitriles is 1. The number of carbonyl (C=O) groups excluding carboxylic acids is 1. The van der Waals surface area contributed by atoms with Crippen LogP contribution in [0.3, 0.4) is 0 Å². The zero-order valence-corrected chi connectivity index (χ0v) is 10.1. The molecule has 6 heteroatoms. The monoisotopic (exact) mass is 280 g/mol. The predicted octanol–water partition coefficient (Wildman–Crippen LogP) is 1.74. The van der Waals surface area contributed by atoms with Crippen molar-refractivity contribution in [3.05, 3.63) is 16.7 Å². The van der Waals surface area contributed by atoms with Gasteiger partial charge in [0.05, 0.1) is 11.8 Å². The van der Waals surface area contributed by atoms with E-state index in [2.05, 4.69) is 31.5 Å². The van der Waals surface area contributed by atoms with Crippen LogP contribution >= 0.6 is 15.9 Å². The molecule has 0 bridgehead atoms. The third-order valence-corrected chi connectivity index (χ3v) is 2.90. The Morgan fingerprint density at radius 3 is 3.12 bits per heavy atom. The summed E-state index contributed by atoms with van der Waals surface area (Å²) >= 11 is 3.30. The second-order valence-corrected chi connectivity index (χ2v) is 4.72. The van der Waals surface area contributed by atoms with E-state index in [1.807, 2.05) is 12.1 Å². The number of rotatable bonds is 0. The number of carbonyl (C=O) groups is 1. The average molecular weight is 281 g/mol. The van der Waals surface area contributed by atoms with Gasteiger partial charge >= 0.3 is 0 Å². The van der Waals surface area contributed by atoms with Gasteiger partial charge in [-0.15, -0.1) is 0 Å². The fourth-order valence-electron chi connectivity index (χ4n) is 1.36. The van der Waals surface area contributed by atoms with Gasteiger partial charge in [-0.05, 0) is 28.9 Å². The molecule has 0 spiro atoms. The molecule has 1 aromatic rings. The van der Waals surface area contributed by atoms with E-state index < -0.39 is 5.41 Å². The van der Waals surface area contributed by atoms with Gasteiger partial charge in [-0.2, -0.15) is 5.26 Å². The summed E-state index contributed by atoms with van der Waals surface area (Å²) in [5.41, 5.74) is -0.366. The lowest BCUT2D eigenvalue weighted by atomic mass is 9.92. The molecule has 0 saturated carbocycles. The molecular weight excluding hydrogens is 272 g/mol. The lowest BCUT2D eigenvalue weighted by molar-refractivity contribution is -0.121. The molecule has 0 aromatic carbocycles. The standard InChI is InChI=1S/C10H9BrN4O/c1-10(4-12)5-14-7-2-6(11)3-13-8(7)15-9(10)16/h2-3,14H,5H2,1H3,(H,13,15,16)/t10-/m0/s1. The summed E-state index contributed by atoms with van der Waals surface area (Å²) in [6.45, 7) is 1.86. The Hall–Kier alpha value is -1.61. The molecule has 82 valence electrons. The summed E-state index contributed by atoms with van der Waals surface area (Å²) < 4.78 is 0.813. The highest BCUT2D eigenvalue weighted by molar-refractivity contribution is 9.10. The maximum absolute atomic E-state index is 11.8. The molecule has 16 heavy (non-hydrogen) atoms. The van der Waals surface area contributed by atoms with E-state index in [9.17, 15) is 4.79 Å². The molecule has 2 heterocycles. The summed E-state index contributed by atoms with van der Waals surface area (Å²) in [5.74, 6) is 0.114. The third-order valence-electron chi connectivity index (χ3n) is 2.47. The van der Waals surface area contributed by atoms with Gasteiger partial charge in [-0.25, -0.2) is 4.98 Å². The molecule has 0 saturated heterocycles. The Labute approximate surface area is 101 Å². The van der Waals surface area contributed by atoms with Gasteiger partial charge in [0.2, 0.25) is 5.91 Å². The summed E-state index contributed by atoms with van der Waals surface area (Å²) in [7, 11) is 0. The van der Waals surface area contributed by atoms with Crippen molar-refractivity contribution in [1.29, 1.82) is 5.26 Å². The smallest absolute Gasteiger partial charge is 0.247 e. The van der Waals surface area contributed by atoms with Crippen LogP contribution in [0.2, 0.25) is 0 Å². The van der Waals surface area contributed by atoms with E-state index in [4.69, 9.17) is 5.26 Å². The SMILES string of the molecule is C[C@]1(C#N)CNc2cc(Br)cnc2NC1=O. The van der Waals surface area contributed by atoms with Crippen molar-refractivity contribution < 1.29 is 4.79 Å². The van der Waals surface area contributed by atoms with E-state index in [1.54, 1.807) is 13.1 Å². The minimum Gasteiger partial charge on any atom is -0.380 e. The molecule has 1 aliphatic heterocycles. The zero-order chi connectivity index (χ0) is 11.8. The molecule has 0 unspecified atom stereocenters. The number of anilines is 2. The maximum Gasteiger partial charge on any atom is 0.247 e. The van der Waals surface area contributed by atoms with Gasteiger partial charge in [0.15, 0.2) is 11.2 Å².